The Morgan fingerprint density at radius 2 is 1.85 bits per heavy atom. The van der Waals surface area contributed by atoms with Gasteiger partial charge in [0.15, 0.2) is 23.9 Å². The average Bonchev–Trinajstić information content (AvgIpc) is 3.01. The third kappa shape index (κ3) is 3.87. The Labute approximate surface area is 156 Å². The number of hydrogen-bond donors (Lipinski definition) is 0. The number of carbonyl (C=O) groups is 2. The first-order valence-electron chi connectivity index (χ1n) is 8.05. The lowest BCUT2D eigenvalue weighted by molar-refractivity contribution is -0.142. The molecule has 3 rings (SSSR count). The molecule has 0 amide bonds. The number of ether oxygens (including phenoxy) is 5. The Balaban J connectivity index is 1.83. The number of benzene rings is 2. The quantitative estimate of drug-likeness (QED) is 0.571. The molecular formula is C20H18O7. The van der Waals surface area contributed by atoms with E-state index in [1.54, 1.807) is 49.6 Å². The van der Waals surface area contributed by atoms with Gasteiger partial charge in [-0.1, -0.05) is 6.07 Å². The molecule has 2 aromatic rings. The van der Waals surface area contributed by atoms with E-state index in [1.807, 2.05) is 0 Å². The van der Waals surface area contributed by atoms with Gasteiger partial charge in [-0.25, -0.2) is 4.79 Å². The molecule has 0 aromatic heterocycles. The van der Waals surface area contributed by atoms with Crippen LogP contribution in [0, 0.1) is 0 Å². The van der Waals surface area contributed by atoms with Gasteiger partial charge in [-0.05, 0) is 35.9 Å². The normalized spacial score (nSPS) is 13.7. The second kappa shape index (κ2) is 7.82. The molecule has 7 nitrogen and oxygen atoms in total. The Hall–Kier alpha value is -3.48. The molecule has 0 saturated carbocycles. The molecule has 2 aromatic carbocycles. The predicted octanol–water partition coefficient (Wildman–Crippen LogP) is 2.87. The van der Waals surface area contributed by atoms with Crippen molar-refractivity contribution >= 4 is 17.8 Å². The first kappa shape index (κ1) is 18.3. The molecular weight excluding hydrogens is 352 g/mol. The van der Waals surface area contributed by atoms with Crippen LogP contribution in [0.4, 0.5) is 0 Å². The van der Waals surface area contributed by atoms with Crippen molar-refractivity contribution in [1.29, 1.82) is 0 Å². The van der Waals surface area contributed by atoms with Gasteiger partial charge in [0.05, 0.1) is 26.9 Å². The molecule has 1 heterocycles. The van der Waals surface area contributed by atoms with Crippen molar-refractivity contribution in [1.82, 2.24) is 0 Å². The Morgan fingerprint density at radius 1 is 1.04 bits per heavy atom. The summed E-state index contributed by atoms with van der Waals surface area (Å²) in [7, 11) is 4.31. The van der Waals surface area contributed by atoms with Crippen molar-refractivity contribution in [2.75, 3.05) is 27.9 Å². The third-order valence-corrected chi connectivity index (χ3v) is 3.94. The van der Waals surface area contributed by atoms with Crippen molar-refractivity contribution in [2.24, 2.45) is 0 Å². The van der Waals surface area contributed by atoms with Gasteiger partial charge in [-0.2, -0.15) is 0 Å². The lowest BCUT2D eigenvalue weighted by Crippen LogP contribution is -2.12. The summed E-state index contributed by atoms with van der Waals surface area (Å²) in [6.07, 6.45) is 1.61. The van der Waals surface area contributed by atoms with Crippen LogP contribution in [0.1, 0.15) is 15.9 Å². The van der Waals surface area contributed by atoms with Crippen LogP contribution < -0.4 is 18.9 Å². The summed E-state index contributed by atoms with van der Waals surface area (Å²) in [5, 5.41) is 0. The van der Waals surface area contributed by atoms with Gasteiger partial charge >= 0.3 is 5.97 Å². The van der Waals surface area contributed by atoms with Crippen LogP contribution in [0.25, 0.3) is 6.08 Å². The molecule has 0 N–H and O–H groups in total. The lowest BCUT2D eigenvalue weighted by Gasteiger charge is -2.10. The first-order chi connectivity index (χ1) is 13.0. The van der Waals surface area contributed by atoms with E-state index in [9.17, 15) is 9.59 Å². The molecule has 7 heteroatoms. The SMILES string of the molecule is COC(=O)COc1ccc(C=C2Oc3cc(OC)ccc3C2=O)cc1OC. The highest BCUT2D eigenvalue weighted by molar-refractivity contribution is 6.14. The smallest absolute Gasteiger partial charge is 0.343 e. The summed E-state index contributed by atoms with van der Waals surface area (Å²) in [5.74, 6) is 1.35. The zero-order valence-corrected chi connectivity index (χ0v) is 15.1. The van der Waals surface area contributed by atoms with E-state index in [0.29, 0.717) is 34.1 Å². The molecule has 0 bridgehead atoms. The summed E-state index contributed by atoms with van der Waals surface area (Å²) in [6.45, 7) is -0.230. The molecule has 0 radical (unpaired) electrons. The second-order valence-electron chi connectivity index (χ2n) is 5.58. The monoisotopic (exact) mass is 370 g/mol. The van der Waals surface area contributed by atoms with Crippen molar-refractivity contribution < 1.29 is 33.3 Å². The van der Waals surface area contributed by atoms with Crippen molar-refractivity contribution in [2.45, 2.75) is 0 Å². The minimum Gasteiger partial charge on any atom is -0.497 e. The average molecular weight is 370 g/mol. The maximum atomic E-state index is 12.5. The summed E-state index contributed by atoms with van der Waals surface area (Å²) in [6, 6.07) is 10.1. The van der Waals surface area contributed by atoms with Crippen LogP contribution in [0.2, 0.25) is 0 Å². The number of methoxy groups -OCH3 is 3. The van der Waals surface area contributed by atoms with Gasteiger partial charge in [-0.15, -0.1) is 0 Å². The maximum absolute atomic E-state index is 12.5. The fraction of sp³-hybridized carbons (Fsp3) is 0.200. The molecule has 0 atom stereocenters. The van der Waals surface area contributed by atoms with Crippen LogP contribution in [-0.4, -0.2) is 39.7 Å². The van der Waals surface area contributed by atoms with Crippen molar-refractivity contribution in [3.8, 4) is 23.0 Å². The standard InChI is InChI=1S/C20H18O7/c1-23-13-5-6-14-16(10-13)27-18(20(14)22)9-12-4-7-15(17(8-12)24-2)26-11-19(21)25-3/h4-10H,11H2,1-3H3. The molecule has 140 valence electrons. The second-order valence-corrected chi connectivity index (χ2v) is 5.58. The van der Waals surface area contributed by atoms with Crippen LogP contribution in [0.15, 0.2) is 42.2 Å². The molecule has 1 aliphatic heterocycles. The van der Waals surface area contributed by atoms with Crippen LogP contribution in [-0.2, 0) is 9.53 Å². The van der Waals surface area contributed by atoms with E-state index in [2.05, 4.69) is 4.74 Å². The molecule has 1 aliphatic rings. The number of carbonyl (C=O) groups excluding carboxylic acids is 2. The van der Waals surface area contributed by atoms with Gasteiger partial charge in [0, 0.05) is 6.07 Å². The van der Waals surface area contributed by atoms with Crippen LogP contribution >= 0.6 is 0 Å². The molecule has 0 saturated heterocycles. The van der Waals surface area contributed by atoms with Crippen LogP contribution in [0.5, 0.6) is 23.0 Å². The van der Waals surface area contributed by atoms with Gasteiger partial charge < -0.3 is 23.7 Å². The molecule has 0 unspecified atom stereocenters. The highest BCUT2D eigenvalue weighted by Gasteiger charge is 2.27. The topological polar surface area (TPSA) is 80.3 Å². The zero-order chi connectivity index (χ0) is 19.4. The predicted molar refractivity (Wildman–Crippen MR) is 96.4 cm³/mol. The number of rotatable bonds is 6. The van der Waals surface area contributed by atoms with E-state index in [-0.39, 0.29) is 18.1 Å². The number of Topliss-reactive ketones (excluding diaryl/α,β-unsaturated/α-hetero) is 1. The molecule has 27 heavy (non-hydrogen) atoms. The lowest BCUT2D eigenvalue weighted by atomic mass is 10.1. The Kier molecular flexibility index (Phi) is 5.30. The summed E-state index contributed by atoms with van der Waals surface area (Å²) < 4.78 is 26.0. The first-order valence-corrected chi connectivity index (χ1v) is 8.05. The number of esters is 1. The van der Waals surface area contributed by atoms with Gasteiger partial charge in [-0.3, -0.25) is 4.79 Å². The van der Waals surface area contributed by atoms with Gasteiger partial charge in [0.1, 0.15) is 11.5 Å². The number of fused-ring (bicyclic) bond motifs is 1. The van der Waals surface area contributed by atoms with E-state index in [0.717, 1.165) is 0 Å². The Morgan fingerprint density at radius 3 is 2.56 bits per heavy atom. The highest BCUT2D eigenvalue weighted by atomic mass is 16.6. The fourth-order valence-corrected chi connectivity index (χ4v) is 2.53. The summed E-state index contributed by atoms with van der Waals surface area (Å²) in [5.41, 5.74) is 1.16. The zero-order valence-electron chi connectivity index (χ0n) is 15.1. The fourth-order valence-electron chi connectivity index (χ4n) is 2.53. The largest absolute Gasteiger partial charge is 0.497 e. The minimum absolute atomic E-state index is 0.198. The Bertz CT molecular complexity index is 915. The highest BCUT2D eigenvalue weighted by Crippen LogP contribution is 2.35. The summed E-state index contributed by atoms with van der Waals surface area (Å²) >= 11 is 0. The molecule has 0 spiro atoms. The molecule has 0 fully saturated rings. The number of ketones is 1. The molecule has 0 aliphatic carbocycles. The van der Waals surface area contributed by atoms with E-state index in [1.165, 1.54) is 14.2 Å². The van der Waals surface area contributed by atoms with Crippen molar-refractivity contribution in [3.05, 3.63) is 53.3 Å². The maximum Gasteiger partial charge on any atom is 0.343 e. The van der Waals surface area contributed by atoms with Gasteiger partial charge in [0.25, 0.3) is 0 Å². The number of allylic oxidation sites excluding steroid dienone is 1. The van der Waals surface area contributed by atoms with E-state index in [4.69, 9.17) is 18.9 Å². The number of hydrogen-bond acceptors (Lipinski definition) is 7. The third-order valence-electron chi connectivity index (χ3n) is 3.94. The van der Waals surface area contributed by atoms with Gasteiger partial charge in [0.2, 0.25) is 5.78 Å². The van der Waals surface area contributed by atoms with E-state index >= 15 is 0 Å². The van der Waals surface area contributed by atoms with E-state index < -0.39 is 5.97 Å². The summed E-state index contributed by atoms with van der Waals surface area (Å²) in [4.78, 5) is 23.7. The van der Waals surface area contributed by atoms with Crippen molar-refractivity contribution in [3.63, 3.8) is 0 Å². The van der Waals surface area contributed by atoms with Crippen LogP contribution in [0.3, 0.4) is 0 Å². The minimum atomic E-state index is -0.499.